The molecular formula is C11H21N. The SMILES string of the molecule is C=C(/N=C(/C)CC(C)C)C(C)C. The van der Waals surface area contributed by atoms with Crippen LogP contribution in [-0.4, -0.2) is 5.71 Å². The van der Waals surface area contributed by atoms with Crippen LogP contribution < -0.4 is 0 Å². The summed E-state index contributed by atoms with van der Waals surface area (Å²) in [4.78, 5) is 4.44. The topological polar surface area (TPSA) is 12.4 Å². The predicted octanol–water partition coefficient (Wildman–Crippen LogP) is 3.66. The second kappa shape index (κ2) is 5.13. The first kappa shape index (κ1) is 11.4. The van der Waals surface area contributed by atoms with Gasteiger partial charge in [0, 0.05) is 11.4 Å². The Bertz CT molecular complexity index is 175. The molecule has 0 fully saturated rings. The lowest BCUT2D eigenvalue weighted by molar-refractivity contribution is 0.678. The molecule has 0 saturated carbocycles. The van der Waals surface area contributed by atoms with Crippen LogP contribution in [-0.2, 0) is 0 Å². The number of allylic oxidation sites excluding steroid dienone is 1. The first-order valence-corrected chi connectivity index (χ1v) is 4.66. The van der Waals surface area contributed by atoms with E-state index < -0.39 is 0 Å². The van der Waals surface area contributed by atoms with Crippen molar-refractivity contribution in [2.75, 3.05) is 0 Å². The first-order valence-electron chi connectivity index (χ1n) is 4.66. The van der Waals surface area contributed by atoms with Crippen LogP contribution in [0.1, 0.15) is 41.0 Å². The lowest BCUT2D eigenvalue weighted by Crippen LogP contribution is -2.00. The van der Waals surface area contributed by atoms with Gasteiger partial charge in [-0.3, -0.25) is 4.99 Å². The fourth-order valence-corrected chi connectivity index (χ4v) is 1.01. The van der Waals surface area contributed by atoms with E-state index in [-0.39, 0.29) is 0 Å². The van der Waals surface area contributed by atoms with Gasteiger partial charge < -0.3 is 0 Å². The third-order valence-electron chi connectivity index (χ3n) is 1.70. The number of aliphatic imine (C=N–C) groups is 1. The van der Waals surface area contributed by atoms with Crippen molar-refractivity contribution in [3.63, 3.8) is 0 Å². The van der Waals surface area contributed by atoms with Gasteiger partial charge in [0.2, 0.25) is 0 Å². The highest BCUT2D eigenvalue weighted by molar-refractivity contribution is 5.82. The molecular weight excluding hydrogens is 146 g/mol. The van der Waals surface area contributed by atoms with Crippen LogP contribution in [0.25, 0.3) is 0 Å². The molecule has 0 bridgehead atoms. The summed E-state index contributed by atoms with van der Waals surface area (Å²) in [5.74, 6) is 1.15. The summed E-state index contributed by atoms with van der Waals surface area (Å²) in [6.45, 7) is 14.6. The number of rotatable bonds is 4. The van der Waals surface area contributed by atoms with Gasteiger partial charge in [0.1, 0.15) is 0 Å². The molecule has 1 nitrogen and oxygen atoms in total. The van der Waals surface area contributed by atoms with Gasteiger partial charge in [-0.1, -0.05) is 34.3 Å². The van der Waals surface area contributed by atoms with E-state index in [9.17, 15) is 0 Å². The monoisotopic (exact) mass is 167 g/mol. The van der Waals surface area contributed by atoms with Crippen molar-refractivity contribution >= 4 is 5.71 Å². The fourth-order valence-electron chi connectivity index (χ4n) is 1.01. The molecule has 0 spiro atoms. The van der Waals surface area contributed by atoms with E-state index in [1.807, 2.05) is 0 Å². The van der Waals surface area contributed by atoms with E-state index in [4.69, 9.17) is 0 Å². The van der Waals surface area contributed by atoms with Gasteiger partial charge in [0.15, 0.2) is 0 Å². The minimum atomic E-state index is 0.465. The Hall–Kier alpha value is -0.590. The Balaban J connectivity index is 4.07. The molecule has 0 amide bonds. The molecule has 1 heteroatoms. The van der Waals surface area contributed by atoms with Gasteiger partial charge in [-0.2, -0.15) is 0 Å². The van der Waals surface area contributed by atoms with Crippen molar-refractivity contribution < 1.29 is 0 Å². The van der Waals surface area contributed by atoms with Crippen LogP contribution in [0.5, 0.6) is 0 Å². The number of nitrogens with zero attached hydrogens (tertiary/aromatic N) is 1. The van der Waals surface area contributed by atoms with E-state index in [2.05, 4.69) is 46.2 Å². The van der Waals surface area contributed by atoms with Crippen LogP contribution in [0, 0.1) is 11.8 Å². The van der Waals surface area contributed by atoms with Crippen LogP contribution in [0.15, 0.2) is 17.3 Å². The molecule has 0 aliphatic rings. The minimum Gasteiger partial charge on any atom is -0.263 e. The zero-order valence-corrected chi connectivity index (χ0v) is 9.02. The molecule has 0 aromatic heterocycles. The van der Waals surface area contributed by atoms with Gasteiger partial charge in [-0.25, -0.2) is 0 Å². The summed E-state index contributed by atoms with van der Waals surface area (Å²) >= 11 is 0. The zero-order chi connectivity index (χ0) is 9.72. The van der Waals surface area contributed by atoms with Crippen molar-refractivity contribution in [1.29, 1.82) is 0 Å². The summed E-state index contributed by atoms with van der Waals surface area (Å²) in [5.41, 5.74) is 2.19. The molecule has 0 unspecified atom stereocenters. The smallest absolute Gasteiger partial charge is 0.0356 e. The summed E-state index contributed by atoms with van der Waals surface area (Å²) in [6, 6.07) is 0. The predicted molar refractivity (Wildman–Crippen MR) is 56.5 cm³/mol. The summed E-state index contributed by atoms with van der Waals surface area (Å²) in [6.07, 6.45) is 1.08. The van der Waals surface area contributed by atoms with E-state index in [1.165, 1.54) is 5.71 Å². The summed E-state index contributed by atoms with van der Waals surface area (Å²) < 4.78 is 0. The molecule has 70 valence electrons. The normalized spacial score (nSPS) is 12.8. The third kappa shape index (κ3) is 5.11. The van der Waals surface area contributed by atoms with E-state index in [0.29, 0.717) is 11.8 Å². The van der Waals surface area contributed by atoms with Crippen molar-refractivity contribution in [3.05, 3.63) is 12.3 Å². The largest absolute Gasteiger partial charge is 0.263 e. The van der Waals surface area contributed by atoms with Gasteiger partial charge >= 0.3 is 0 Å². The van der Waals surface area contributed by atoms with Gasteiger partial charge in [-0.15, -0.1) is 0 Å². The Kier molecular flexibility index (Phi) is 4.87. The van der Waals surface area contributed by atoms with Crippen LogP contribution >= 0.6 is 0 Å². The maximum Gasteiger partial charge on any atom is 0.0356 e. The molecule has 0 N–H and O–H groups in total. The molecule has 0 aromatic carbocycles. The van der Waals surface area contributed by atoms with Crippen LogP contribution in [0.4, 0.5) is 0 Å². The highest BCUT2D eigenvalue weighted by atomic mass is 14.8. The molecule has 0 aromatic rings. The standard InChI is InChI=1S/C11H21N/c1-8(2)7-10(5)12-11(6)9(3)4/h8-9H,6-7H2,1-5H3/b12-10-. The molecule has 12 heavy (non-hydrogen) atoms. The molecule has 0 heterocycles. The second-order valence-electron chi connectivity index (χ2n) is 4.09. The highest BCUT2D eigenvalue weighted by Gasteiger charge is 2.00. The van der Waals surface area contributed by atoms with E-state index >= 15 is 0 Å². The van der Waals surface area contributed by atoms with Gasteiger partial charge in [-0.05, 0) is 25.2 Å². The van der Waals surface area contributed by atoms with E-state index in [1.54, 1.807) is 0 Å². The lowest BCUT2D eigenvalue weighted by atomic mass is 10.1. The molecule has 0 rings (SSSR count). The minimum absolute atomic E-state index is 0.465. The lowest BCUT2D eigenvalue weighted by Gasteiger charge is -2.07. The Morgan fingerprint density at radius 1 is 1.25 bits per heavy atom. The maximum absolute atomic E-state index is 4.44. The van der Waals surface area contributed by atoms with Crippen molar-refractivity contribution in [2.45, 2.75) is 41.0 Å². The Morgan fingerprint density at radius 2 is 1.75 bits per heavy atom. The Morgan fingerprint density at radius 3 is 2.08 bits per heavy atom. The van der Waals surface area contributed by atoms with E-state index in [0.717, 1.165) is 12.1 Å². The van der Waals surface area contributed by atoms with Crippen molar-refractivity contribution in [1.82, 2.24) is 0 Å². The van der Waals surface area contributed by atoms with Crippen molar-refractivity contribution in [3.8, 4) is 0 Å². The summed E-state index contributed by atoms with van der Waals surface area (Å²) in [7, 11) is 0. The zero-order valence-electron chi connectivity index (χ0n) is 9.02. The quantitative estimate of drug-likeness (QED) is 0.567. The van der Waals surface area contributed by atoms with Crippen LogP contribution in [0.2, 0.25) is 0 Å². The highest BCUT2D eigenvalue weighted by Crippen LogP contribution is 2.10. The maximum atomic E-state index is 4.44. The molecule has 0 atom stereocenters. The molecule has 0 radical (unpaired) electrons. The third-order valence-corrected chi connectivity index (χ3v) is 1.70. The van der Waals surface area contributed by atoms with Gasteiger partial charge in [0.25, 0.3) is 0 Å². The second-order valence-corrected chi connectivity index (χ2v) is 4.09. The average Bonchev–Trinajstić information content (AvgIpc) is 1.84. The van der Waals surface area contributed by atoms with Crippen LogP contribution in [0.3, 0.4) is 0 Å². The summed E-state index contributed by atoms with van der Waals surface area (Å²) in [5, 5.41) is 0. The first-order chi connectivity index (χ1) is 5.43. The Labute approximate surface area is 76.6 Å². The van der Waals surface area contributed by atoms with Gasteiger partial charge in [0.05, 0.1) is 0 Å². The molecule has 0 saturated heterocycles. The number of hydrogen-bond donors (Lipinski definition) is 0. The van der Waals surface area contributed by atoms with Crippen molar-refractivity contribution in [2.24, 2.45) is 16.8 Å². The molecule has 0 aliphatic heterocycles. The average molecular weight is 167 g/mol. The molecule has 0 aliphatic carbocycles. The fraction of sp³-hybridized carbons (Fsp3) is 0.727. The number of hydrogen-bond acceptors (Lipinski definition) is 1.